The largest absolute Gasteiger partial charge is 0.252 e. The molecule has 0 saturated heterocycles. The van der Waals surface area contributed by atoms with Crippen LogP contribution in [0.4, 0.5) is 0 Å². The van der Waals surface area contributed by atoms with Crippen molar-refractivity contribution in [3.8, 4) is 11.3 Å². The number of hydrogen-bond acceptors (Lipinski definition) is 2. The number of nitrogens with zero attached hydrogens (tertiary/aromatic N) is 2. The van der Waals surface area contributed by atoms with Gasteiger partial charge in [-0.15, -0.1) is 0 Å². The highest BCUT2D eigenvalue weighted by Crippen LogP contribution is 2.19. The minimum atomic E-state index is 0.924. The second-order valence-electron chi connectivity index (χ2n) is 4.11. The van der Waals surface area contributed by atoms with Gasteiger partial charge < -0.3 is 0 Å². The number of benzene rings is 2. The molecule has 0 radical (unpaired) electrons. The topological polar surface area (TPSA) is 25.8 Å². The Hall–Kier alpha value is -2.22. The maximum atomic E-state index is 4.62. The summed E-state index contributed by atoms with van der Waals surface area (Å²) in [6, 6.07) is 16.2. The molecule has 0 N–H and O–H groups in total. The average molecular weight is 220 g/mol. The Morgan fingerprint density at radius 3 is 2.53 bits per heavy atom. The van der Waals surface area contributed by atoms with Crippen molar-refractivity contribution in [1.82, 2.24) is 9.97 Å². The fraction of sp³-hybridized carbons (Fsp3) is 0.0667. The Bertz CT molecular complexity index is 674. The van der Waals surface area contributed by atoms with Crippen LogP contribution in [0.1, 0.15) is 5.56 Å². The Kier molecular flexibility index (Phi) is 2.33. The van der Waals surface area contributed by atoms with Crippen LogP contribution in [0, 0.1) is 6.92 Å². The Balaban J connectivity index is 2.18. The van der Waals surface area contributed by atoms with E-state index in [1.54, 1.807) is 0 Å². The third-order valence-corrected chi connectivity index (χ3v) is 2.76. The van der Waals surface area contributed by atoms with Crippen LogP contribution in [-0.2, 0) is 0 Å². The van der Waals surface area contributed by atoms with Crippen molar-refractivity contribution in [2.75, 3.05) is 0 Å². The van der Waals surface area contributed by atoms with Crippen molar-refractivity contribution in [2.45, 2.75) is 6.92 Å². The van der Waals surface area contributed by atoms with E-state index in [0.29, 0.717) is 0 Å². The van der Waals surface area contributed by atoms with Crippen molar-refractivity contribution in [3.63, 3.8) is 0 Å². The molecule has 0 saturated carbocycles. The molecule has 2 heteroatoms. The SMILES string of the molecule is Cc1cccc(-c2cnc3ccccc3n2)c1. The van der Waals surface area contributed by atoms with Crippen LogP contribution < -0.4 is 0 Å². The molecule has 0 atom stereocenters. The van der Waals surface area contributed by atoms with Crippen LogP contribution in [0.3, 0.4) is 0 Å². The summed E-state index contributed by atoms with van der Waals surface area (Å²) in [4.78, 5) is 9.05. The molecule has 1 heterocycles. The number of hydrogen-bond donors (Lipinski definition) is 0. The highest BCUT2D eigenvalue weighted by Gasteiger charge is 2.01. The summed E-state index contributed by atoms with van der Waals surface area (Å²) in [5, 5.41) is 0. The molecular formula is C15H12N2. The van der Waals surface area contributed by atoms with Crippen molar-refractivity contribution >= 4 is 11.0 Å². The quantitative estimate of drug-likeness (QED) is 0.626. The number of para-hydroxylation sites is 2. The summed E-state index contributed by atoms with van der Waals surface area (Å²) in [7, 11) is 0. The molecular weight excluding hydrogens is 208 g/mol. The minimum Gasteiger partial charge on any atom is -0.252 e. The fourth-order valence-corrected chi connectivity index (χ4v) is 1.90. The molecule has 0 spiro atoms. The van der Waals surface area contributed by atoms with Gasteiger partial charge in [0.25, 0.3) is 0 Å². The smallest absolute Gasteiger partial charge is 0.0894 e. The molecule has 0 aliphatic carbocycles. The van der Waals surface area contributed by atoms with E-state index in [-0.39, 0.29) is 0 Å². The highest BCUT2D eigenvalue weighted by molar-refractivity contribution is 5.76. The van der Waals surface area contributed by atoms with Crippen molar-refractivity contribution < 1.29 is 0 Å². The normalized spacial score (nSPS) is 10.6. The van der Waals surface area contributed by atoms with Gasteiger partial charge in [0, 0.05) is 5.56 Å². The van der Waals surface area contributed by atoms with Crippen LogP contribution in [0.25, 0.3) is 22.3 Å². The molecule has 0 amide bonds. The lowest BCUT2D eigenvalue weighted by Crippen LogP contribution is -1.88. The van der Waals surface area contributed by atoms with Gasteiger partial charge in [-0.2, -0.15) is 0 Å². The first-order chi connectivity index (χ1) is 8.33. The molecule has 2 nitrogen and oxygen atoms in total. The number of fused-ring (bicyclic) bond motifs is 1. The van der Waals surface area contributed by atoms with E-state index in [0.717, 1.165) is 22.3 Å². The summed E-state index contributed by atoms with van der Waals surface area (Å²) in [6.45, 7) is 2.08. The maximum absolute atomic E-state index is 4.62. The Morgan fingerprint density at radius 1 is 0.882 bits per heavy atom. The van der Waals surface area contributed by atoms with Crippen LogP contribution in [0.5, 0.6) is 0 Å². The average Bonchev–Trinajstić information content (AvgIpc) is 2.38. The van der Waals surface area contributed by atoms with Crippen molar-refractivity contribution in [3.05, 3.63) is 60.3 Å². The van der Waals surface area contributed by atoms with Gasteiger partial charge >= 0.3 is 0 Å². The lowest BCUT2D eigenvalue weighted by Gasteiger charge is -2.03. The zero-order valence-electron chi connectivity index (χ0n) is 9.59. The van der Waals surface area contributed by atoms with Gasteiger partial charge in [-0.05, 0) is 25.1 Å². The first-order valence-corrected chi connectivity index (χ1v) is 5.62. The van der Waals surface area contributed by atoms with Crippen LogP contribution in [-0.4, -0.2) is 9.97 Å². The maximum Gasteiger partial charge on any atom is 0.0894 e. The minimum absolute atomic E-state index is 0.924. The molecule has 1 aromatic heterocycles. The predicted octanol–water partition coefficient (Wildman–Crippen LogP) is 3.61. The van der Waals surface area contributed by atoms with Gasteiger partial charge in [-0.3, -0.25) is 4.98 Å². The summed E-state index contributed by atoms with van der Waals surface area (Å²) >= 11 is 0. The molecule has 0 aliphatic heterocycles. The van der Waals surface area contributed by atoms with E-state index < -0.39 is 0 Å². The van der Waals surface area contributed by atoms with E-state index in [4.69, 9.17) is 0 Å². The molecule has 82 valence electrons. The van der Waals surface area contributed by atoms with Gasteiger partial charge in [-0.1, -0.05) is 35.9 Å². The molecule has 0 aliphatic rings. The van der Waals surface area contributed by atoms with E-state index in [2.05, 4.69) is 35.1 Å². The van der Waals surface area contributed by atoms with Crippen molar-refractivity contribution in [2.24, 2.45) is 0 Å². The van der Waals surface area contributed by atoms with Gasteiger partial charge in [0.2, 0.25) is 0 Å². The van der Waals surface area contributed by atoms with E-state index in [1.807, 2.05) is 36.5 Å². The summed E-state index contributed by atoms with van der Waals surface area (Å²) < 4.78 is 0. The second kappa shape index (κ2) is 3.98. The van der Waals surface area contributed by atoms with E-state index in [1.165, 1.54) is 5.56 Å². The molecule has 0 unspecified atom stereocenters. The number of aryl methyl sites for hydroxylation is 1. The lowest BCUT2D eigenvalue weighted by molar-refractivity contribution is 1.29. The number of rotatable bonds is 1. The molecule has 3 rings (SSSR count). The van der Waals surface area contributed by atoms with E-state index in [9.17, 15) is 0 Å². The fourth-order valence-electron chi connectivity index (χ4n) is 1.90. The zero-order chi connectivity index (χ0) is 11.7. The summed E-state index contributed by atoms with van der Waals surface area (Å²) in [5.41, 5.74) is 5.14. The van der Waals surface area contributed by atoms with Gasteiger partial charge in [0.05, 0.1) is 22.9 Å². The van der Waals surface area contributed by atoms with E-state index >= 15 is 0 Å². The monoisotopic (exact) mass is 220 g/mol. The predicted molar refractivity (Wildman–Crippen MR) is 69.7 cm³/mol. The molecule has 0 fully saturated rings. The molecule has 17 heavy (non-hydrogen) atoms. The third-order valence-electron chi connectivity index (χ3n) is 2.76. The van der Waals surface area contributed by atoms with Crippen molar-refractivity contribution in [1.29, 1.82) is 0 Å². The third kappa shape index (κ3) is 1.89. The second-order valence-corrected chi connectivity index (χ2v) is 4.11. The summed E-state index contributed by atoms with van der Waals surface area (Å²) in [6.07, 6.45) is 1.83. The lowest BCUT2D eigenvalue weighted by atomic mass is 10.1. The van der Waals surface area contributed by atoms with Crippen LogP contribution in [0.15, 0.2) is 54.7 Å². The first kappa shape index (κ1) is 9.97. The molecule has 0 bridgehead atoms. The molecule has 3 aromatic rings. The first-order valence-electron chi connectivity index (χ1n) is 5.62. The number of aromatic nitrogens is 2. The standard InChI is InChI=1S/C15H12N2/c1-11-5-4-6-12(9-11)15-10-16-13-7-2-3-8-14(13)17-15/h2-10H,1H3. The molecule has 2 aromatic carbocycles. The van der Waals surface area contributed by atoms with Gasteiger partial charge in [0.15, 0.2) is 0 Å². The van der Waals surface area contributed by atoms with Gasteiger partial charge in [-0.25, -0.2) is 4.98 Å². The zero-order valence-corrected chi connectivity index (χ0v) is 9.59. The van der Waals surface area contributed by atoms with Crippen LogP contribution in [0.2, 0.25) is 0 Å². The summed E-state index contributed by atoms with van der Waals surface area (Å²) in [5.74, 6) is 0. The Morgan fingerprint density at radius 2 is 1.71 bits per heavy atom. The van der Waals surface area contributed by atoms with Gasteiger partial charge in [0.1, 0.15) is 0 Å². The van der Waals surface area contributed by atoms with Crippen LogP contribution >= 0.6 is 0 Å². The Labute approximate surface area is 100.0 Å². The highest BCUT2D eigenvalue weighted by atomic mass is 14.8.